The molecule has 1 atom stereocenters. The third kappa shape index (κ3) is 3.65. The van der Waals surface area contributed by atoms with Crippen LogP contribution < -0.4 is 15.5 Å². The highest BCUT2D eigenvalue weighted by atomic mass is 19.2. The maximum absolute atomic E-state index is 14.1. The lowest BCUT2D eigenvalue weighted by atomic mass is 10.1. The Morgan fingerprint density at radius 2 is 2.11 bits per heavy atom. The van der Waals surface area contributed by atoms with Crippen molar-refractivity contribution in [1.29, 1.82) is 0 Å². The number of nitrogens with one attached hydrogen (secondary N) is 1. The number of aliphatic hydroxyl groups excluding tert-OH is 1. The molecule has 0 spiro atoms. The van der Waals surface area contributed by atoms with E-state index in [1.54, 1.807) is 4.57 Å². The Morgan fingerprint density at radius 1 is 1.41 bits per heavy atom. The highest BCUT2D eigenvalue weighted by Crippen LogP contribution is 2.40. The number of fused-ring (bicyclic) bond motifs is 1. The van der Waals surface area contributed by atoms with Crippen LogP contribution in [0.5, 0.6) is 5.75 Å². The lowest BCUT2D eigenvalue weighted by molar-refractivity contribution is 0.0609. The number of ether oxygens (including phenoxy) is 2. The second kappa shape index (κ2) is 7.61. The van der Waals surface area contributed by atoms with E-state index in [-0.39, 0.29) is 41.4 Å². The quantitative estimate of drug-likeness (QED) is 0.755. The molecule has 1 fully saturated rings. The second-order valence-electron chi connectivity index (χ2n) is 6.43. The molecule has 0 unspecified atom stereocenters. The van der Waals surface area contributed by atoms with Crippen molar-refractivity contribution in [2.75, 3.05) is 27.4 Å². The van der Waals surface area contributed by atoms with E-state index in [1.165, 1.54) is 20.4 Å². The Bertz CT molecular complexity index is 940. The molecule has 9 heteroatoms. The van der Waals surface area contributed by atoms with Gasteiger partial charge in [-0.15, -0.1) is 0 Å². The normalized spacial score (nSPS) is 15.0. The zero-order chi connectivity index (χ0) is 19.7. The summed E-state index contributed by atoms with van der Waals surface area (Å²) in [6, 6.07) is 0.753. The van der Waals surface area contributed by atoms with Crippen LogP contribution in [0.15, 0.2) is 17.1 Å². The van der Waals surface area contributed by atoms with Gasteiger partial charge >= 0.3 is 0 Å². The first-order valence-corrected chi connectivity index (χ1v) is 8.45. The molecule has 1 aromatic heterocycles. The van der Waals surface area contributed by atoms with E-state index in [1.807, 2.05) is 0 Å². The monoisotopic (exact) mass is 382 g/mol. The van der Waals surface area contributed by atoms with Crippen LogP contribution in [-0.2, 0) is 4.74 Å². The summed E-state index contributed by atoms with van der Waals surface area (Å²) in [7, 11) is 2.60. The average molecular weight is 382 g/mol. The number of nitrogens with zero attached hydrogens (tertiary/aromatic N) is 1. The number of carbonyl (C=O) groups is 1. The number of aromatic nitrogens is 1. The minimum atomic E-state index is -1.23. The Balaban J connectivity index is 2.10. The van der Waals surface area contributed by atoms with E-state index in [0.29, 0.717) is 0 Å². The van der Waals surface area contributed by atoms with E-state index in [9.17, 15) is 23.5 Å². The number of rotatable bonds is 7. The molecule has 1 saturated carbocycles. The lowest BCUT2D eigenvalue weighted by Gasteiger charge is -2.17. The van der Waals surface area contributed by atoms with Crippen LogP contribution in [0, 0.1) is 11.6 Å². The number of hydrogen-bond donors (Lipinski definition) is 2. The van der Waals surface area contributed by atoms with Gasteiger partial charge in [0.2, 0.25) is 11.2 Å². The predicted molar refractivity (Wildman–Crippen MR) is 93.2 cm³/mol. The fraction of sp³-hybridized carbons (Fsp3) is 0.444. The fourth-order valence-corrected chi connectivity index (χ4v) is 2.98. The molecular weight excluding hydrogens is 362 g/mol. The van der Waals surface area contributed by atoms with Crippen molar-refractivity contribution in [1.82, 2.24) is 9.88 Å². The van der Waals surface area contributed by atoms with Crippen LogP contribution in [0.25, 0.3) is 10.9 Å². The molecule has 3 rings (SSSR count). The third-order valence-electron chi connectivity index (χ3n) is 4.41. The first kappa shape index (κ1) is 19.2. The summed E-state index contributed by atoms with van der Waals surface area (Å²) in [5.41, 5.74) is -0.829. The van der Waals surface area contributed by atoms with Gasteiger partial charge < -0.3 is 24.5 Å². The molecule has 0 saturated heterocycles. The zero-order valence-electron chi connectivity index (χ0n) is 14.9. The van der Waals surface area contributed by atoms with E-state index >= 15 is 0 Å². The van der Waals surface area contributed by atoms with Crippen molar-refractivity contribution in [2.24, 2.45) is 0 Å². The summed E-state index contributed by atoms with van der Waals surface area (Å²) in [6.45, 7) is -0.0966. The Morgan fingerprint density at radius 3 is 2.70 bits per heavy atom. The number of carbonyl (C=O) groups excluding carboxylic acids is 1. The molecule has 1 heterocycles. The molecule has 1 aliphatic rings. The van der Waals surface area contributed by atoms with Crippen LogP contribution >= 0.6 is 0 Å². The zero-order valence-corrected chi connectivity index (χ0v) is 14.9. The van der Waals surface area contributed by atoms with Gasteiger partial charge in [-0.2, -0.15) is 4.39 Å². The summed E-state index contributed by atoms with van der Waals surface area (Å²) >= 11 is 0. The summed E-state index contributed by atoms with van der Waals surface area (Å²) in [6.07, 6.45) is 1.97. The minimum Gasteiger partial charge on any atom is -0.491 e. The van der Waals surface area contributed by atoms with Crippen molar-refractivity contribution in [2.45, 2.75) is 25.0 Å². The van der Waals surface area contributed by atoms with Crippen LogP contribution in [-0.4, -0.2) is 49.1 Å². The number of pyridine rings is 1. The van der Waals surface area contributed by atoms with Crippen LogP contribution in [0.3, 0.4) is 0 Å². The topological polar surface area (TPSA) is 89.8 Å². The van der Waals surface area contributed by atoms with Crippen LogP contribution in [0.1, 0.15) is 29.2 Å². The van der Waals surface area contributed by atoms with Crippen molar-refractivity contribution in [3.05, 3.63) is 39.7 Å². The average Bonchev–Trinajstić information content (AvgIpc) is 3.47. The number of methoxy groups -OCH3 is 2. The number of benzene rings is 1. The van der Waals surface area contributed by atoms with Crippen molar-refractivity contribution < 1.29 is 28.2 Å². The maximum atomic E-state index is 14.1. The molecule has 0 bridgehead atoms. The van der Waals surface area contributed by atoms with Gasteiger partial charge in [-0.05, 0) is 18.9 Å². The molecule has 0 radical (unpaired) electrons. The fourth-order valence-electron chi connectivity index (χ4n) is 2.98. The van der Waals surface area contributed by atoms with E-state index in [4.69, 9.17) is 9.47 Å². The van der Waals surface area contributed by atoms with Gasteiger partial charge in [0.1, 0.15) is 5.56 Å². The van der Waals surface area contributed by atoms with Gasteiger partial charge in [0.05, 0.1) is 30.7 Å². The van der Waals surface area contributed by atoms with Gasteiger partial charge in [0.15, 0.2) is 11.6 Å². The molecule has 7 nitrogen and oxygen atoms in total. The molecule has 2 N–H and O–H groups in total. The number of hydrogen-bond acceptors (Lipinski definition) is 5. The molecule has 0 aliphatic heterocycles. The van der Waals surface area contributed by atoms with Gasteiger partial charge in [-0.25, -0.2) is 4.39 Å². The van der Waals surface area contributed by atoms with E-state index < -0.39 is 29.1 Å². The van der Waals surface area contributed by atoms with Gasteiger partial charge in [-0.1, -0.05) is 0 Å². The van der Waals surface area contributed by atoms with Crippen LogP contribution in [0.2, 0.25) is 0 Å². The standard InChI is InChI=1S/C18H20F2N2O5/c1-26-8-10(23)6-21-18(25)12-7-22(9-3-4-9)15-11(16(12)24)5-13(19)14(20)17(15)27-2/h5,7,9-10,23H,3-4,6,8H2,1-2H3,(H,21,25)/t10-/m0/s1. The summed E-state index contributed by atoms with van der Waals surface area (Å²) in [4.78, 5) is 25.2. The van der Waals surface area contributed by atoms with Crippen LogP contribution in [0.4, 0.5) is 8.78 Å². The molecule has 146 valence electrons. The smallest absolute Gasteiger partial charge is 0.256 e. The third-order valence-corrected chi connectivity index (χ3v) is 4.41. The minimum absolute atomic E-state index is 0.0198. The summed E-state index contributed by atoms with van der Waals surface area (Å²) < 4.78 is 39.4. The second-order valence-corrected chi connectivity index (χ2v) is 6.43. The first-order chi connectivity index (χ1) is 12.9. The van der Waals surface area contributed by atoms with Gasteiger partial charge in [-0.3, -0.25) is 9.59 Å². The molecular formula is C18H20F2N2O5. The maximum Gasteiger partial charge on any atom is 0.256 e. The Kier molecular flexibility index (Phi) is 5.43. The van der Waals surface area contributed by atoms with Crippen molar-refractivity contribution in [3.8, 4) is 5.75 Å². The highest BCUT2D eigenvalue weighted by molar-refractivity contribution is 5.98. The van der Waals surface area contributed by atoms with Crippen molar-refractivity contribution in [3.63, 3.8) is 0 Å². The highest BCUT2D eigenvalue weighted by Gasteiger charge is 2.30. The molecule has 27 heavy (non-hydrogen) atoms. The molecule has 1 aliphatic carbocycles. The number of amides is 1. The van der Waals surface area contributed by atoms with Gasteiger partial charge in [0.25, 0.3) is 5.91 Å². The van der Waals surface area contributed by atoms with E-state index in [2.05, 4.69) is 5.32 Å². The van der Waals surface area contributed by atoms with Gasteiger partial charge in [0, 0.05) is 25.9 Å². The number of aliphatic hydroxyl groups is 1. The molecule has 2 aromatic rings. The predicted octanol–water partition coefficient (Wildman–Crippen LogP) is 1.36. The molecule has 1 amide bonds. The van der Waals surface area contributed by atoms with E-state index in [0.717, 1.165) is 18.9 Å². The summed E-state index contributed by atoms with van der Waals surface area (Å²) in [5, 5.41) is 12.0. The Hall–Kier alpha value is -2.52. The number of halogens is 2. The lowest BCUT2D eigenvalue weighted by Crippen LogP contribution is -2.37. The largest absolute Gasteiger partial charge is 0.491 e. The SMILES string of the molecule is COC[C@@H](O)CNC(=O)c1cn(C2CC2)c2c(OC)c(F)c(F)cc2c1=O. The van der Waals surface area contributed by atoms with Crippen molar-refractivity contribution >= 4 is 16.8 Å². The summed E-state index contributed by atoms with van der Waals surface area (Å²) in [5.74, 6) is -3.49. The first-order valence-electron chi connectivity index (χ1n) is 8.45. The molecule has 1 aromatic carbocycles. The Labute approximate surface area is 153 Å².